The summed E-state index contributed by atoms with van der Waals surface area (Å²) in [5, 5.41) is 4.10. The Bertz CT molecular complexity index is 490. The molecule has 5 nitrogen and oxygen atoms in total. The lowest BCUT2D eigenvalue weighted by atomic mass is 10.4. The molecule has 0 aliphatic carbocycles. The smallest absolute Gasteiger partial charge is 0.232 e. The van der Waals surface area contributed by atoms with Gasteiger partial charge in [0.15, 0.2) is 0 Å². The summed E-state index contributed by atoms with van der Waals surface area (Å²) in [6, 6.07) is 1.60. The maximum atomic E-state index is 5.92. The predicted molar refractivity (Wildman–Crippen MR) is 70.0 cm³/mol. The van der Waals surface area contributed by atoms with Gasteiger partial charge in [-0.1, -0.05) is 23.2 Å². The molecule has 0 spiro atoms. The summed E-state index contributed by atoms with van der Waals surface area (Å²) in [5.41, 5.74) is 1.03. The van der Waals surface area contributed by atoms with Crippen LogP contribution in [0.3, 0.4) is 0 Å². The largest absolute Gasteiger partial charge is 0.475 e. The van der Waals surface area contributed by atoms with Crippen molar-refractivity contribution in [1.82, 2.24) is 20.3 Å². The van der Waals surface area contributed by atoms with Gasteiger partial charge < -0.3 is 15.0 Å². The Morgan fingerprint density at radius 2 is 2.22 bits per heavy atom. The minimum Gasteiger partial charge on any atom is -0.475 e. The van der Waals surface area contributed by atoms with Crippen molar-refractivity contribution < 1.29 is 4.74 Å². The summed E-state index contributed by atoms with van der Waals surface area (Å²) in [7, 11) is 0. The fourth-order valence-electron chi connectivity index (χ4n) is 1.33. The average Bonchev–Trinajstić information content (AvgIpc) is 2.84. The van der Waals surface area contributed by atoms with E-state index in [1.165, 1.54) is 6.20 Å². The molecule has 2 aromatic heterocycles. The second-order valence-corrected chi connectivity index (χ2v) is 4.39. The minimum atomic E-state index is 0.393. The first kappa shape index (κ1) is 13.1. The highest BCUT2D eigenvalue weighted by Crippen LogP contribution is 2.24. The molecule has 0 fully saturated rings. The molecule has 2 aromatic rings. The number of aromatic nitrogens is 3. The zero-order valence-electron chi connectivity index (χ0n) is 9.49. The van der Waals surface area contributed by atoms with Crippen LogP contribution >= 0.6 is 23.2 Å². The normalized spacial score (nSPS) is 10.6. The summed E-state index contributed by atoms with van der Waals surface area (Å²) in [6.45, 7) is 1.87. The Morgan fingerprint density at radius 3 is 2.94 bits per heavy atom. The van der Waals surface area contributed by atoms with E-state index in [2.05, 4.69) is 20.3 Å². The van der Waals surface area contributed by atoms with Crippen molar-refractivity contribution >= 4 is 23.2 Å². The molecular formula is C11H12Cl2N4O. The first-order valence-electron chi connectivity index (χ1n) is 5.37. The van der Waals surface area contributed by atoms with Crippen molar-refractivity contribution in [2.45, 2.75) is 6.54 Å². The number of pyridine rings is 1. The van der Waals surface area contributed by atoms with E-state index in [0.717, 1.165) is 5.69 Å². The number of imidazole rings is 1. The average molecular weight is 287 g/mol. The van der Waals surface area contributed by atoms with Crippen LogP contribution in [-0.4, -0.2) is 28.1 Å². The van der Waals surface area contributed by atoms with Crippen molar-refractivity contribution in [1.29, 1.82) is 0 Å². The van der Waals surface area contributed by atoms with Gasteiger partial charge in [-0.2, -0.15) is 0 Å². The predicted octanol–water partition coefficient (Wildman–Crippen LogP) is 2.28. The highest BCUT2D eigenvalue weighted by atomic mass is 35.5. The third-order valence-corrected chi connectivity index (χ3v) is 2.64. The Morgan fingerprint density at radius 1 is 1.33 bits per heavy atom. The van der Waals surface area contributed by atoms with Crippen molar-refractivity contribution in [2.24, 2.45) is 0 Å². The van der Waals surface area contributed by atoms with E-state index in [0.29, 0.717) is 35.6 Å². The maximum absolute atomic E-state index is 5.92. The molecule has 2 N–H and O–H groups in total. The van der Waals surface area contributed by atoms with Crippen LogP contribution in [0.2, 0.25) is 10.0 Å². The van der Waals surface area contributed by atoms with Gasteiger partial charge >= 0.3 is 0 Å². The van der Waals surface area contributed by atoms with Crippen LogP contribution in [0.4, 0.5) is 0 Å². The highest BCUT2D eigenvalue weighted by molar-refractivity contribution is 6.35. The molecular weight excluding hydrogens is 275 g/mol. The summed E-state index contributed by atoms with van der Waals surface area (Å²) in [5.74, 6) is 0.393. The molecule has 0 aliphatic heterocycles. The third-order valence-electron chi connectivity index (χ3n) is 2.16. The number of aromatic amines is 1. The van der Waals surface area contributed by atoms with Gasteiger partial charge in [0, 0.05) is 31.2 Å². The standard InChI is InChI=1S/C11H12Cl2N4O/c12-8-3-10(13)11(16-4-8)18-2-1-14-5-9-6-15-7-17-9/h3-4,6-7,14H,1-2,5H2,(H,15,17). The molecule has 7 heteroatoms. The Labute approximate surface area is 115 Å². The van der Waals surface area contributed by atoms with Crippen molar-refractivity contribution in [2.75, 3.05) is 13.2 Å². The third kappa shape index (κ3) is 3.87. The number of nitrogens with zero attached hydrogens (tertiary/aromatic N) is 2. The molecule has 0 unspecified atom stereocenters. The minimum absolute atomic E-state index is 0.393. The maximum Gasteiger partial charge on any atom is 0.232 e. The number of H-pyrrole nitrogens is 1. The Balaban J connectivity index is 1.69. The molecule has 0 saturated carbocycles. The van der Waals surface area contributed by atoms with Gasteiger partial charge in [0.2, 0.25) is 5.88 Å². The zero-order valence-corrected chi connectivity index (χ0v) is 11.0. The van der Waals surface area contributed by atoms with E-state index >= 15 is 0 Å². The monoisotopic (exact) mass is 286 g/mol. The molecule has 0 aliphatic rings. The number of ether oxygens (including phenoxy) is 1. The lowest BCUT2D eigenvalue weighted by Gasteiger charge is -2.07. The summed E-state index contributed by atoms with van der Waals surface area (Å²) < 4.78 is 5.42. The van der Waals surface area contributed by atoms with Gasteiger partial charge in [0.1, 0.15) is 11.6 Å². The summed E-state index contributed by atoms with van der Waals surface area (Å²) in [4.78, 5) is 10.9. The van der Waals surface area contributed by atoms with Crippen LogP contribution in [0.15, 0.2) is 24.8 Å². The van der Waals surface area contributed by atoms with Gasteiger partial charge in [0.25, 0.3) is 0 Å². The van der Waals surface area contributed by atoms with Crippen molar-refractivity contribution in [3.8, 4) is 5.88 Å². The molecule has 0 amide bonds. The van der Waals surface area contributed by atoms with E-state index in [-0.39, 0.29) is 0 Å². The van der Waals surface area contributed by atoms with Gasteiger partial charge in [-0.25, -0.2) is 9.97 Å². The van der Waals surface area contributed by atoms with E-state index in [4.69, 9.17) is 27.9 Å². The SMILES string of the molecule is Clc1cnc(OCCNCc2cnc[nH]2)c(Cl)c1. The highest BCUT2D eigenvalue weighted by Gasteiger charge is 2.03. The topological polar surface area (TPSA) is 62.8 Å². The van der Waals surface area contributed by atoms with Gasteiger partial charge in [-0.05, 0) is 6.07 Å². The lowest BCUT2D eigenvalue weighted by molar-refractivity contribution is 0.302. The van der Waals surface area contributed by atoms with Crippen LogP contribution in [0.25, 0.3) is 0 Å². The molecule has 0 atom stereocenters. The van der Waals surface area contributed by atoms with Crippen LogP contribution in [0, 0.1) is 0 Å². The van der Waals surface area contributed by atoms with E-state index in [9.17, 15) is 0 Å². The van der Waals surface area contributed by atoms with Crippen LogP contribution in [0.1, 0.15) is 5.69 Å². The number of hydrogen-bond donors (Lipinski definition) is 2. The summed E-state index contributed by atoms with van der Waals surface area (Å²) in [6.07, 6.45) is 4.91. The van der Waals surface area contributed by atoms with Crippen LogP contribution in [0.5, 0.6) is 5.88 Å². The zero-order chi connectivity index (χ0) is 12.8. The molecule has 18 heavy (non-hydrogen) atoms. The lowest BCUT2D eigenvalue weighted by Crippen LogP contribution is -2.21. The van der Waals surface area contributed by atoms with Gasteiger partial charge in [-0.3, -0.25) is 0 Å². The molecule has 2 rings (SSSR count). The van der Waals surface area contributed by atoms with Gasteiger partial charge in [0.05, 0.1) is 11.3 Å². The van der Waals surface area contributed by atoms with E-state index in [1.807, 2.05) is 0 Å². The Hall–Kier alpha value is -1.30. The number of hydrogen-bond acceptors (Lipinski definition) is 4. The van der Waals surface area contributed by atoms with Crippen molar-refractivity contribution in [3.63, 3.8) is 0 Å². The van der Waals surface area contributed by atoms with E-state index < -0.39 is 0 Å². The quantitative estimate of drug-likeness (QED) is 0.800. The van der Waals surface area contributed by atoms with Crippen LogP contribution < -0.4 is 10.1 Å². The molecule has 0 saturated heterocycles. The summed E-state index contributed by atoms with van der Waals surface area (Å²) >= 11 is 11.7. The molecule has 0 aromatic carbocycles. The molecule has 2 heterocycles. The number of nitrogens with one attached hydrogen (secondary N) is 2. The molecule has 96 valence electrons. The fraction of sp³-hybridized carbons (Fsp3) is 0.273. The first-order valence-corrected chi connectivity index (χ1v) is 6.13. The second kappa shape index (κ2) is 6.58. The van der Waals surface area contributed by atoms with Crippen molar-refractivity contribution in [3.05, 3.63) is 40.5 Å². The second-order valence-electron chi connectivity index (χ2n) is 3.54. The van der Waals surface area contributed by atoms with E-state index in [1.54, 1.807) is 18.6 Å². The van der Waals surface area contributed by atoms with Gasteiger partial charge in [-0.15, -0.1) is 0 Å². The molecule has 0 radical (unpaired) electrons. The molecule has 0 bridgehead atoms. The number of halogens is 2. The number of rotatable bonds is 6. The fourth-order valence-corrected chi connectivity index (χ4v) is 1.77. The van der Waals surface area contributed by atoms with Crippen LogP contribution in [-0.2, 0) is 6.54 Å². The Kier molecular flexibility index (Phi) is 4.81. The first-order chi connectivity index (χ1) is 8.75.